The number of ether oxygens (including phenoxy) is 3. The van der Waals surface area contributed by atoms with E-state index in [9.17, 15) is 0 Å². The molecule has 0 amide bonds. The summed E-state index contributed by atoms with van der Waals surface area (Å²) in [5, 5.41) is 3.51. The van der Waals surface area contributed by atoms with Gasteiger partial charge in [0.2, 0.25) is 0 Å². The number of likely N-dealkylation sites (N-methyl/N-ethyl adjacent to an activating group) is 1. The van der Waals surface area contributed by atoms with Gasteiger partial charge < -0.3 is 19.5 Å². The fourth-order valence-electron chi connectivity index (χ4n) is 2.61. The number of nitrogens with one attached hydrogen (secondary N) is 1. The average Bonchev–Trinajstić information content (AvgIpc) is 2.77. The maximum Gasteiger partial charge on any atom is 0.119 e. The maximum atomic E-state index is 5.94. The van der Waals surface area contributed by atoms with Crippen molar-refractivity contribution in [2.24, 2.45) is 0 Å². The van der Waals surface area contributed by atoms with Crippen LogP contribution in [0.2, 0.25) is 0 Å². The SMILES string of the molecule is CCNC1c2cc(OC)ccc2CC1OCCOC. The zero-order valence-electron chi connectivity index (χ0n) is 11.9. The van der Waals surface area contributed by atoms with Crippen LogP contribution in [0.25, 0.3) is 0 Å². The molecule has 0 bridgehead atoms. The minimum Gasteiger partial charge on any atom is -0.497 e. The predicted octanol–water partition coefficient (Wildman–Crippen LogP) is 1.93. The molecule has 2 rings (SSSR count). The molecule has 0 aromatic heterocycles. The van der Waals surface area contributed by atoms with Crippen molar-refractivity contribution in [2.45, 2.75) is 25.5 Å². The third-order valence-corrected chi connectivity index (χ3v) is 3.52. The molecule has 0 saturated carbocycles. The highest BCUT2D eigenvalue weighted by Gasteiger charge is 2.32. The van der Waals surface area contributed by atoms with Crippen LogP contribution < -0.4 is 10.1 Å². The number of rotatable bonds is 7. The first-order chi connectivity index (χ1) is 9.30. The zero-order chi connectivity index (χ0) is 13.7. The molecule has 1 aromatic rings. The summed E-state index contributed by atoms with van der Waals surface area (Å²) in [7, 11) is 3.39. The standard InChI is InChI=1S/C15H23NO3/c1-4-16-15-13-10-12(18-3)6-5-11(13)9-14(15)19-8-7-17-2/h5-6,10,14-16H,4,7-9H2,1-3H3. The Labute approximate surface area is 115 Å². The van der Waals surface area contributed by atoms with Gasteiger partial charge in [-0.25, -0.2) is 0 Å². The Morgan fingerprint density at radius 2 is 2.11 bits per heavy atom. The molecule has 0 aliphatic heterocycles. The van der Waals surface area contributed by atoms with E-state index in [2.05, 4.69) is 24.4 Å². The van der Waals surface area contributed by atoms with Gasteiger partial charge >= 0.3 is 0 Å². The molecule has 1 aromatic carbocycles. The normalized spacial score (nSPS) is 21.4. The van der Waals surface area contributed by atoms with Gasteiger partial charge in [0.15, 0.2) is 0 Å². The van der Waals surface area contributed by atoms with E-state index in [1.165, 1.54) is 11.1 Å². The van der Waals surface area contributed by atoms with Gasteiger partial charge in [0, 0.05) is 13.5 Å². The summed E-state index contributed by atoms with van der Waals surface area (Å²) in [4.78, 5) is 0. The van der Waals surface area contributed by atoms with Crippen molar-refractivity contribution in [3.63, 3.8) is 0 Å². The van der Waals surface area contributed by atoms with Crippen molar-refractivity contribution in [1.29, 1.82) is 0 Å². The quantitative estimate of drug-likeness (QED) is 0.765. The molecule has 0 heterocycles. The Kier molecular flexibility index (Phi) is 5.19. The first-order valence-electron chi connectivity index (χ1n) is 6.80. The summed E-state index contributed by atoms with van der Waals surface area (Å²) in [6.07, 6.45) is 1.12. The van der Waals surface area contributed by atoms with Crippen molar-refractivity contribution < 1.29 is 14.2 Å². The molecule has 2 atom stereocenters. The summed E-state index contributed by atoms with van der Waals surface area (Å²) in [5.74, 6) is 0.902. The maximum absolute atomic E-state index is 5.94. The van der Waals surface area contributed by atoms with E-state index in [0.29, 0.717) is 13.2 Å². The van der Waals surface area contributed by atoms with Gasteiger partial charge in [0.25, 0.3) is 0 Å². The van der Waals surface area contributed by atoms with Crippen molar-refractivity contribution in [3.8, 4) is 5.75 Å². The van der Waals surface area contributed by atoms with E-state index in [0.717, 1.165) is 18.7 Å². The number of methoxy groups -OCH3 is 2. The van der Waals surface area contributed by atoms with Gasteiger partial charge in [-0.1, -0.05) is 13.0 Å². The van der Waals surface area contributed by atoms with Crippen molar-refractivity contribution in [1.82, 2.24) is 5.32 Å². The van der Waals surface area contributed by atoms with Crippen LogP contribution in [0.1, 0.15) is 24.1 Å². The summed E-state index contributed by atoms with van der Waals surface area (Å²) in [6.45, 7) is 4.30. The van der Waals surface area contributed by atoms with Crippen LogP contribution in [0.4, 0.5) is 0 Å². The second-order valence-corrected chi connectivity index (χ2v) is 4.71. The summed E-state index contributed by atoms with van der Waals surface area (Å²) < 4.78 is 16.3. The molecule has 19 heavy (non-hydrogen) atoms. The topological polar surface area (TPSA) is 39.7 Å². The van der Waals surface area contributed by atoms with Gasteiger partial charge in [-0.2, -0.15) is 0 Å². The smallest absolute Gasteiger partial charge is 0.119 e. The van der Waals surface area contributed by atoms with Crippen molar-refractivity contribution >= 4 is 0 Å². The fourth-order valence-corrected chi connectivity index (χ4v) is 2.61. The Balaban J connectivity index is 2.12. The third kappa shape index (κ3) is 3.26. The molecule has 0 spiro atoms. The highest BCUT2D eigenvalue weighted by atomic mass is 16.5. The first kappa shape index (κ1) is 14.3. The monoisotopic (exact) mass is 265 g/mol. The number of benzene rings is 1. The number of hydrogen-bond donors (Lipinski definition) is 1. The lowest BCUT2D eigenvalue weighted by Crippen LogP contribution is -2.31. The molecular weight excluding hydrogens is 242 g/mol. The van der Waals surface area contributed by atoms with Gasteiger partial charge in [-0.15, -0.1) is 0 Å². The molecule has 106 valence electrons. The third-order valence-electron chi connectivity index (χ3n) is 3.52. The van der Waals surface area contributed by atoms with Crippen molar-refractivity contribution in [3.05, 3.63) is 29.3 Å². The second-order valence-electron chi connectivity index (χ2n) is 4.71. The molecule has 0 saturated heterocycles. The van der Waals surface area contributed by atoms with E-state index in [4.69, 9.17) is 14.2 Å². The largest absolute Gasteiger partial charge is 0.497 e. The van der Waals surface area contributed by atoms with Crippen LogP contribution in [0, 0.1) is 0 Å². The molecule has 0 radical (unpaired) electrons. The highest BCUT2D eigenvalue weighted by molar-refractivity contribution is 5.42. The van der Waals surface area contributed by atoms with Crippen LogP contribution >= 0.6 is 0 Å². The van der Waals surface area contributed by atoms with Crippen LogP contribution in [0.5, 0.6) is 5.75 Å². The highest BCUT2D eigenvalue weighted by Crippen LogP contribution is 2.35. The Bertz CT molecular complexity index is 408. The summed E-state index contributed by atoms with van der Waals surface area (Å²) >= 11 is 0. The van der Waals surface area contributed by atoms with Crippen molar-refractivity contribution in [2.75, 3.05) is 34.0 Å². The second kappa shape index (κ2) is 6.89. The van der Waals surface area contributed by atoms with Crippen LogP contribution in [-0.4, -0.2) is 40.1 Å². The molecule has 0 fully saturated rings. The lowest BCUT2D eigenvalue weighted by molar-refractivity contribution is 0.00458. The number of hydrogen-bond acceptors (Lipinski definition) is 4. The van der Waals surface area contributed by atoms with Gasteiger partial charge in [-0.05, 0) is 29.8 Å². The molecule has 1 aliphatic rings. The zero-order valence-corrected chi connectivity index (χ0v) is 11.9. The van der Waals surface area contributed by atoms with E-state index < -0.39 is 0 Å². The van der Waals surface area contributed by atoms with Gasteiger partial charge in [-0.3, -0.25) is 0 Å². The van der Waals surface area contributed by atoms with E-state index in [1.807, 2.05) is 6.07 Å². The minimum absolute atomic E-state index is 0.178. The molecule has 1 aliphatic carbocycles. The van der Waals surface area contributed by atoms with Crippen LogP contribution in [0.3, 0.4) is 0 Å². The Hall–Kier alpha value is -1.10. The molecule has 2 unspecified atom stereocenters. The number of fused-ring (bicyclic) bond motifs is 1. The lowest BCUT2D eigenvalue weighted by atomic mass is 10.1. The Morgan fingerprint density at radius 1 is 1.26 bits per heavy atom. The molecule has 4 nitrogen and oxygen atoms in total. The molecule has 1 N–H and O–H groups in total. The lowest BCUT2D eigenvalue weighted by Gasteiger charge is -2.21. The van der Waals surface area contributed by atoms with Crippen LogP contribution in [0.15, 0.2) is 18.2 Å². The fraction of sp³-hybridized carbons (Fsp3) is 0.600. The van der Waals surface area contributed by atoms with E-state index in [-0.39, 0.29) is 12.1 Å². The minimum atomic E-state index is 0.178. The first-order valence-corrected chi connectivity index (χ1v) is 6.80. The summed E-state index contributed by atoms with van der Waals surface area (Å²) in [6, 6.07) is 6.51. The van der Waals surface area contributed by atoms with Crippen LogP contribution in [-0.2, 0) is 15.9 Å². The van der Waals surface area contributed by atoms with E-state index >= 15 is 0 Å². The Morgan fingerprint density at radius 3 is 2.79 bits per heavy atom. The predicted molar refractivity (Wildman–Crippen MR) is 74.7 cm³/mol. The summed E-state index contributed by atoms with van der Waals surface area (Å²) in [5.41, 5.74) is 2.64. The van der Waals surface area contributed by atoms with E-state index in [1.54, 1.807) is 14.2 Å². The molecule has 4 heteroatoms. The molecular formula is C15H23NO3. The average molecular weight is 265 g/mol. The van der Waals surface area contributed by atoms with Gasteiger partial charge in [0.05, 0.1) is 32.5 Å². The van der Waals surface area contributed by atoms with Gasteiger partial charge in [0.1, 0.15) is 5.75 Å².